The van der Waals surface area contributed by atoms with E-state index in [2.05, 4.69) is 10.00 Å². The molecule has 8 heteroatoms. The van der Waals surface area contributed by atoms with Crippen molar-refractivity contribution in [3.8, 4) is 0 Å². The van der Waals surface area contributed by atoms with E-state index in [1.165, 1.54) is 0 Å². The first kappa shape index (κ1) is 18.1. The Bertz CT molecular complexity index is 772. The molecule has 1 fully saturated rings. The highest BCUT2D eigenvalue weighted by molar-refractivity contribution is 7.71. The SMILES string of the molecule is CC(C)n1cnn(CN(Cc2ccc(C(F)(F)F)cc2)C2CC2)c1=S. The van der Waals surface area contributed by atoms with Gasteiger partial charge in [-0.05, 0) is 56.6 Å². The summed E-state index contributed by atoms with van der Waals surface area (Å²) in [5.41, 5.74) is 0.238. The van der Waals surface area contributed by atoms with Gasteiger partial charge >= 0.3 is 6.18 Å². The van der Waals surface area contributed by atoms with Crippen LogP contribution in [0.1, 0.15) is 43.9 Å². The summed E-state index contributed by atoms with van der Waals surface area (Å²) in [6.07, 6.45) is -0.376. The van der Waals surface area contributed by atoms with Crippen molar-refractivity contribution in [3.05, 3.63) is 46.5 Å². The average molecular weight is 370 g/mol. The molecule has 1 aromatic heterocycles. The zero-order chi connectivity index (χ0) is 18.2. The molecule has 1 aliphatic carbocycles. The van der Waals surface area contributed by atoms with Gasteiger partial charge < -0.3 is 4.57 Å². The lowest BCUT2D eigenvalue weighted by Crippen LogP contribution is -2.29. The second-order valence-electron chi connectivity index (χ2n) is 6.73. The smallest absolute Gasteiger partial charge is 0.304 e. The second kappa shape index (κ2) is 6.92. The summed E-state index contributed by atoms with van der Waals surface area (Å²) in [5, 5.41) is 4.36. The van der Waals surface area contributed by atoms with Gasteiger partial charge in [0.05, 0.1) is 12.2 Å². The maximum atomic E-state index is 12.7. The molecule has 3 rings (SSSR count). The van der Waals surface area contributed by atoms with Gasteiger partial charge in [0.25, 0.3) is 0 Å². The molecular formula is C17H21F3N4S. The molecule has 0 N–H and O–H groups in total. The van der Waals surface area contributed by atoms with Gasteiger partial charge in [-0.15, -0.1) is 0 Å². The normalized spacial score (nSPS) is 15.3. The van der Waals surface area contributed by atoms with Crippen molar-refractivity contribution in [1.29, 1.82) is 0 Å². The van der Waals surface area contributed by atoms with Gasteiger partial charge in [-0.3, -0.25) is 4.90 Å². The molecule has 25 heavy (non-hydrogen) atoms. The van der Waals surface area contributed by atoms with Crippen LogP contribution < -0.4 is 0 Å². The summed E-state index contributed by atoms with van der Waals surface area (Å²) < 4.78 is 42.4. The Morgan fingerprint density at radius 3 is 2.36 bits per heavy atom. The fourth-order valence-corrected chi connectivity index (χ4v) is 3.10. The van der Waals surface area contributed by atoms with Crippen LogP contribution in [0.2, 0.25) is 0 Å². The molecule has 0 aliphatic heterocycles. The zero-order valence-corrected chi connectivity index (χ0v) is 15.0. The Morgan fingerprint density at radius 1 is 1.24 bits per heavy atom. The van der Waals surface area contributed by atoms with E-state index in [0.29, 0.717) is 24.0 Å². The Labute approximate surface area is 149 Å². The third kappa shape index (κ3) is 4.30. The number of nitrogens with zero attached hydrogens (tertiary/aromatic N) is 4. The molecule has 0 atom stereocenters. The first-order chi connectivity index (χ1) is 11.8. The lowest BCUT2D eigenvalue weighted by molar-refractivity contribution is -0.137. The van der Waals surface area contributed by atoms with Gasteiger partial charge in [0.15, 0.2) is 4.77 Å². The van der Waals surface area contributed by atoms with E-state index in [1.54, 1.807) is 23.1 Å². The number of aromatic nitrogens is 3. The van der Waals surface area contributed by atoms with Gasteiger partial charge in [-0.25, -0.2) is 4.68 Å². The van der Waals surface area contributed by atoms with Crippen molar-refractivity contribution in [2.45, 2.75) is 58.2 Å². The maximum Gasteiger partial charge on any atom is 0.416 e. The Kier molecular flexibility index (Phi) is 5.02. The minimum Gasteiger partial charge on any atom is -0.304 e. The molecule has 0 spiro atoms. The molecule has 0 amide bonds. The van der Waals surface area contributed by atoms with Gasteiger partial charge in [-0.1, -0.05) is 12.1 Å². The number of benzene rings is 1. The van der Waals surface area contributed by atoms with Gasteiger partial charge in [0.2, 0.25) is 0 Å². The highest BCUT2D eigenvalue weighted by Gasteiger charge is 2.31. The monoisotopic (exact) mass is 370 g/mol. The third-order valence-electron chi connectivity index (χ3n) is 4.36. The van der Waals surface area contributed by atoms with E-state index >= 15 is 0 Å². The van der Waals surface area contributed by atoms with Crippen molar-refractivity contribution < 1.29 is 13.2 Å². The van der Waals surface area contributed by atoms with Crippen molar-refractivity contribution in [2.24, 2.45) is 0 Å². The Hall–Kier alpha value is -1.67. The third-order valence-corrected chi connectivity index (χ3v) is 4.78. The predicted octanol–water partition coefficient (Wildman–Crippen LogP) is 4.64. The van der Waals surface area contributed by atoms with Gasteiger partial charge in [0, 0.05) is 18.6 Å². The molecule has 2 aromatic rings. The van der Waals surface area contributed by atoms with E-state index in [9.17, 15) is 13.2 Å². The number of hydrogen-bond donors (Lipinski definition) is 0. The summed E-state index contributed by atoms with van der Waals surface area (Å²) in [7, 11) is 0. The maximum absolute atomic E-state index is 12.7. The number of halogens is 3. The van der Waals surface area contributed by atoms with Crippen LogP contribution in [0.15, 0.2) is 30.6 Å². The topological polar surface area (TPSA) is 26.0 Å². The summed E-state index contributed by atoms with van der Waals surface area (Å²) >= 11 is 5.46. The van der Waals surface area contributed by atoms with E-state index < -0.39 is 11.7 Å². The number of alkyl halides is 3. The minimum atomic E-state index is -4.30. The highest BCUT2D eigenvalue weighted by atomic mass is 32.1. The van der Waals surface area contributed by atoms with E-state index in [-0.39, 0.29) is 6.04 Å². The second-order valence-corrected chi connectivity index (χ2v) is 7.09. The van der Waals surface area contributed by atoms with Gasteiger partial charge in [0.1, 0.15) is 6.33 Å². The van der Waals surface area contributed by atoms with Crippen LogP contribution in [0, 0.1) is 4.77 Å². The van der Waals surface area contributed by atoms with Crippen LogP contribution in [-0.4, -0.2) is 25.3 Å². The quantitative estimate of drug-likeness (QED) is 0.693. The Balaban J connectivity index is 1.73. The molecule has 0 bridgehead atoms. The molecule has 4 nitrogen and oxygen atoms in total. The van der Waals surface area contributed by atoms with Crippen molar-refractivity contribution >= 4 is 12.2 Å². The molecule has 1 heterocycles. The van der Waals surface area contributed by atoms with Crippen LogP contribution in [0.3, 0.4) is 0 Å². The van der Waals surface area contributed by atoms with E-state index in [0.717, 1.165) is 30.5 Å². The molecule has 136 valence electrons. The summed E-state index contributed by atoms with van der Waals surface area (Å²) in [6, 6.07) is 6.05. The summed E-state index contributed by atoms with van der Waals surface area (Å²) in [5.74, 6) is 0. The molecule has 0 saturated heterocycles. The van der Waals surface area contributed by atoms with Crippen LogP contribution >= 0.6 is 12.2 Å². The fraction of sp³-hybridized carbons (Fsp3) is 0.529. The van der Waals surface area contributed by atoms with Crippen LogP contribution in [0.5, 0.6) is 0 Å². The minimum absolute atomic E-state index is 0.241. The van der Waals surface area contributed by atoms with Gasteiger partial charge in [-0.2, -0.15) is 18.3 Å². The van der Waals surface area contributed by atoms with Crippen molar-refractivity contribution in [1.82, 2.24) is 19.2 Å². The molecule has 1 aliphatic rings. The van der Waals surface area contributed by atoms with E-state index in [1.807, 2.05) is 18.4 Å². The lowest BCUT2D eigenvalue weighted by atomic mass is 10.1. The molecular weight excluding hydrogens is 349 g/mol. The fourth-order valence-electron chi connectivity index (χ4n) is 2.74. The predicted molar refractivity (Wildman–Crippen MR) is 91.4 cm³/mol. The van der Waals surface area contributed by atoms with Crippen LogP contribution in [0.4, 0.5) is 13.2 Å². The standard InChI is InChI=1S/C17H21F3N4S/c1-12(2)23-10-21-24(16(23)25)11-22(15-7-8-15)9-13-3-5-14(6-4-13)17(18,19)20/h3-6,10,12,15H,7-9,11H2,1-2H3. The van der Waals surface area contributed by atoms with Crippen LogP contribution in [0.25, 0.3) is 0 Å². The summed E-state index contributed by atoms with van der Waals surface area (Å²) in [6.45, 7) is 5.22. The highest BCUT2D eigenvalue weighted by Crippen LogP contribution is 2.31. The van der Waals surface area contributed by atoms with Crippen molar-refractivity contribution in [3.63, 3.8) is 0 Å². The first-order valence-corrected chi connectivity index (χ1v) is 8.70. The first-order valence-electron chi connectivity index (χ1n) is 8.30. The average Bonchev–Trinajstić information content (AvgIpc) is 3.31. The van der Waals surface area contributed by atoms with Crippen molar-refractivity contribution in [2.75, 3.05) is 0 Å². The molecule has 1 aromatic carbocycles. The number of rotatable bonds is 6. The lowest BCUT2D eigenvalue weighted by Gasteiger charge is -2.22. The summed E-state index contributed by atoms with van der Waals surface area (Å²) in [4.78, 5) is 2.22. The zero-order valence-electron chi connectivity index (χ0n) is 14.2. The number of hydrogen-bond acceptors (Lipinski definition) is 3. The van der Waals surface area contributed by atoms with Crippen LogP contribution in [-0.2, 0) is 19.4 Å². The molecule has 0 unspecified atom stereocenters. The Morgan fingerprint density at radius 2 is 1.88 bits per heavy atom. The van der Waals surface area contributed by atoms with E-state index in [4.69, 9.17) is 12.2 Å². The largest absolute Gasteiger partial charge is 0.416 e. The molecule has 1 saturated carbocycles. The molecule has 0 radical (unpaired) electrons.